The number of fused-ring (bicyclic) bond motifs is 1. The summed E-state index contributed by atoms with van der Waals surface area (Å²) in [7, 11) is -0.842. The topological polar surface area (TPSA) is 202 Å². The van der Waals surface area contributed by atoms with Crippen molar-refractivity contribution in [2.45, 2.75) is 38.0 Å². The van der Waals surface area contributed by atoms with E-state index in [2.05, 4.69) is 21.1 Å². The number of carboxylic acid groups (broad SMARTS) is 1. The van der Waals surface area contributed by atoms with Crippen LogP contribution in [0.1, 0.15) is 33.3 Å². The van der Waals surface area contributed by atoms with Crippen LogP contribution in [0.2, 0.25) is 0 Å². The lowest BCUT2D eigenvalue weighted by Crippen LogP contribution is -2.32. The van der Waals surface area contributed by atoms with Gasteiger partial charge in [0, 0.05) is 41.5 Å². The molecule has 0 aliphatic rings. The van der Waals surface area contributed by atoms with Crippen LogP contribution in [-0.4, -0.2) is 83.5 Å². The molecule has 0 radical (unpaired) electrons. The Labute approximate surface area is 342 Å². The summed E-state index contributed by atoms with van der Waals surface area (Å²) in [5.41, 5.74) is 3.51. The number of rotatable bonds is 20. The number of methoxy groups -OCH3 is 2. The van der Waals surface area contributed by atoms with Crippen molar-refractivity contribution in [1.82, 2.24) is 10.5 Å². The van der Waals surface area contributed by atoms with Crippen LogP contribution in [0.15, 0.2) is 90.0 Å². The first-order valence-electron chi connectivity index (χ1n) is 18.5. The summed E-state index contributed by atoms with van der Waals surface area (Å²) in [5, 5.41) is 16.2. The molecule has 0 bridgehead atoms. The number of urea groups is 1. The van der Waals surface area contributed by atoms with Gasteiger partial charge in [-0.15, -0.1) is 0 Å². The number of hydrogen-bond acceptors (Lipinski definition) is 13. The number of anilines is 3. The number of nitrogens with one attached hydrogen (secondary N) is 3. The third-order valence-corrected chi connectivity index (χ3v) is 10.4. The quantitative estimate of drug-likeness (QED) is 0.0444. The van der Waals surface area contributed by atoms with Gasteiger partial charge >= 0.3 is 12.0 Å². The molecule has 16 nitrogen and oxygen atoms in total. The fraction of sp³-hybridized carbons (Fsp3) is 0.310. The fourth-order valence-electron chi connectivity index (χ4n) is 5.63. The Bertz CT molecular complexity index is 2370. The van der Waals surface area contributed by atoms with Crippen molar-refractivity contribution in [3.8, 4) is 34.5 Å². The maximum Gasteiger partial charge on any atom is 0.352 e. The molecule has 0 unspecified atom stereocenters. The molecule has 5 aromatic rings. The maximum atomic E-state index is 13.4. The van der Waals surface area contributed by atoms with Gasteiger partial charge in [-0.2, -0.15) is 5.48 Å². The van der Waals surface area contributed by atoms with Gasteiger partial charge in [-0.1, -0.05) is 58.0 Å². The lowest BCUT2D eigenvalue weighted by Gasteiger charge is -2.23. The number of sulfone groups is 1. The van der Waals surface area contributed by atoms with Crippen molar-refractivity contribution >= 4 is 49.8 Å². The second-order valence-corrected chi connectivity index (χ2v) is 16.1. The Balaban J connectivity index is 1.31. The van der Waals surface area contributed by atoms with Gasteiger partial charge < -0.3 is 49.0 Å². The summed E-state index contributed by atoms with van der Waals surface area (Å²) in [6.45, 7) is 7.81. The van der Waals surface area contributed by atoms with E-state index < -0.39 is 27.3 Å². The monoisotopic (exact) mass is 832 g/mol. The molecule has 0 aliphatic heterocycles. The smallest absolute Gasteiger partial charge is 0.352 e. The van der Waals surface area contributed by atoms with Crippen molar-refractivity contribution in [2.75, 3.05) is 63.6 Å². The fourth-order valence-corrected chi connectivity index (χ4v) is 6.71. The van der Waals surface area contributed by atoms with Gasteiger partial charge in [-0.05, 0) is 40.6 Å². The molecule has 314 valence electrons. The number of carbonyl (C=O) groups excluding carboxylic acids is 1. The molecular formula is C42H48N4O12S. The summed E-state index contributed by atoms with van der Waals surface area (Å²) in [6.07, 6.45) is 1.57. The Kier molecular flexibility index (Phi) is 14.8. The Morgan fingerprint density at radius 3 is 2.29 bits per heavy atom. The van der Waals surface area contributed by atoms with Crippen LogP contribution < -0.4 is 39.9 Å². The van der Waals surface area contributed by atoms with Gasteiger partial charge in [-0.3, -0.25) is 0 Å². The number of carbonyl (C=O) groups is 2. The molecule has 0 saturated heterocycles. The van der Waals surface area contributed by atoms with Crippen molar-refractivity contribution in [3.05, 3.63) is 90.6 Å². The third-order valence-electron chi connectivity index (χ3n) is 8.62. The number of carboxylic acids is 1. The summed E-state index contributed by atoms with van der Waals surface area (Å²) in [6, 6.07) is 22.1. The standard InChI is InChI=1S/C42H48N4O12S/c1-7-59(50,51)36-21-28(42(2,3)4)20-35(40(36)53-6)58-46-41(49)45-34-13-12-27-10-8-9-11-33(27)39(34)57-30-14-15-43-37(25-30)44-29-22-31(52-5)24-32(23-29)56-19-18-54-16-17-55-26-38(47)48/h8-15,20-25H,7,16-19,26H2,1-6H3,(H,43,44)(H,47,48)(H2,45,46,49). The first-order chi connectivity index (χ1) is 28.2. The molecule has 5 rings (SSSR count). The number of pyridine rings is 1. The second kappa shape index (κ2) is 19.9. The minimum absolute atomic E-state index is 0.0231. The van der Waals surface area contributed by atoms with E-state index in [1.54, 1.807) is 61.7 Å². The van der Waals surface area contributed by atoms with E-state index in [-0.39, 0.29) is 55.2 Å². The average molecular weight is 833 g/mol. The van der Waals surface area contributed by atoms with E-state index in [0.29, 0.717) is 51.1 Å². The highest BCUT2D eigenvalue weighted by atomic mass is 32.2. The third kappa shape index (κ3) is 12.1. The first kappa shape index (κ1) is 43.8. The lowest BCUT2D eigenvalue weighted by atomic mass is 9.87. The number of hydroxylamine groups is 1. The molecule has 2 amide bonds. The highest BCUT2D eigenvalue weighted by Gasteiger charge is 2.27. The van der Waals surface area contributed by atoms with Crippen LogP contribution >= 0.6 is 0 Å². The van der Waals surface area contributed by atoms with Gasteiger partial charge in [0.25, 0.3) is 0 Å². The largest absolute Gasteiger partial charge is 0.497 e. The molecular weight excluding hydrogens is 785 g/mol. The van der Waals surface area contributed by atoms with Gasteiger partial charge in [0.2, 0.25) is 0 Å². The van der Waals surface area contributed by atoms with Gasteiger partial charge in [-0.25, -0.2) is 23.0 Å². The zero-order valence-corrected chi connectivity index (χ0v) is 34.4. The average Bonchev–Trinajstić information content (AvgIpc) is 3.21. The van der Waals surface area contributed by atoms with Crippen molar-refractivity contribution in [3.63, 3.8) is 0 Å². The lowest BCUT2D eigenvalue weighted by molar-refractivity contribution is -0.142. The summed E-state index contributed by atoms with van der Waals surface area (Å²) in [5.74, 6) is 0.999. The SMILES string of the molecule is CCS(=O)(=O)c1cc(C(C)(C)C)cc(ONC(=O)Nc2ccc3ccccc3c2Oc2ccnc(Nc3cc(OC)cc(OCCOCCOCC(=O)O)c3)c2)c1OC. The Morgan fingerprint density at radius 2 is 1.56 bits per heavy atom. The highest BCUT2D eigenvalue weighted by Crippen LogP contribution is 2.40. The molecule has 0 aliphatic carbocycles. The number of hydrogen-bond donors (Lipinski definition) is 4. The number of aliphatic carboxylic acids is 1. The zero-order chi connectivity index (χ0) is 42.6. The minimum atomic E-state index is -3.71. The number of aromatic nitrogens is 1. The summed E-state index contributed by atoms with van der Waals surface area (Å²) < 4.78 is 59.7. The van der Waals surface area contributed by atoms with Crippen LogP contribution in [0.5, 0.6) is 34.5 Å². The van der Waals surface area contributed by atoms with Gasteiger partial charge in [0.15, 0.2) is 27.1 Å². The predicted molar refractivity (Wildman–Crippen MR) is 222 cm³/mol. The van der Waals surface area contributed by atoms with Gasteiger partial charge in [0.05, 0.1) is 45.5 Å². The molecule has 0 atom stereocenters. The minimum Gasteiger partial charge on any atom is -0.497 e. The van der Waals surface area contributed by atoms with E-state index in [9.17, 15) is 18.0 Å². The van der Waals surface area contributed by atoms with E-state index >= 15 is 0 Å². The molecule has 1 aromatic heterocycles. The molecule has 0 spiro atoms. The molecule has 4 N–H and O–H groups in total. The van der Waals surface area contributed by atoms with Gasteiger partial charge in [0.1, 0.15) is 41.2 Å². The number of nitrogens with zero attached hydrogens (tertiary/aromatic N) is 1. The van der Waals surface area contributed by atoms with E-state index in [1.807, 2.05) is 51.1 Å². The van der Waals surface area contributed by atoms with E-state index in [0.717, 1.165) is 5.39 Å². The zero-order valence-electron chi connectivity index (χ0n) is 33.6. The van der Waals surface area contributed by atoms with Crippen molar-refractivity contribution in [2.24, 2.45) is 0 Å². The molecule has 17 heteroatoms. The van der Waals surface area contributed by atoms with Crippen molar-refractivity contribution in [1.29, 1.82) is 0 Å². The Hall–Kier alpha value is -6.30. The number of ether oxygens (including phenoxy) is 6. The number of benzene rings is 4. The normalized spacial score (nSPS) is 11.4. The molecule has 59 heavy (non-hydrogen) atoms. The van der Waals surface area contributed by atoms with E-state index in [1.165, 1.54) is 14.2 Å². The molecule has 0 saturated carbocycles. The molecule has 1 heterocycles. The van der Waals surface area contributed by atoms with Crippen LogP contribution in [0.25, 0.3) is 10.8 Å². The van der Waals surface area contributed by atoms with Crippen LogP contribution in [0, 0.1) is 0 Å². The first-order valence-corrected chi connectivity index (χ1v) is 20.2. The maximum absolute atomic E-state index is 13.4. The molecule has 4 aromatic carbocycles. The number of amides is 2. The van der Waals surface area contributed by atoms with Crippen LogP contribution in [-0.2, 0) is 29.5 Å². The van der Waals surface area contributed by atoms with Crippen LogP contribution in [0.3, 0.4) is 0 Å². The highest BCUT2D eigenvalue weighted by molar-refractivity contribution is 7.91. The second-order valence-electron chi connectivity index (χ2n) is 13.9. The summed E-state index contributed by atoms with van der Waals surface area (Å²) >= 11 is 0. The van der Waals surface area contributed by atoms with Crippen LogP contribution in [0.4, 0.5) is 22.0 Å². The summed E-state index contributed by atoms with van der Waals surface area (Å²) in [4.78, 5) is 34.1. The molecule has 0 fully saturated rings. The Morgan fingerprint density at radius 1 is 0.814 bits per heavy atom. The predicted octanol–water partition coefficient (Wildman–Crippen LogP) is 7.49. The van der Waals surface area contributed by atoms with Crippen molar-refractivity contribution < 1.29 is 56.4 Å². The van der Waals surface area contributed by atoms with E-state index in [4.69, 9.17) is 38.4 Å².